The van der Waals surface area contributed by atoms with Gasteiger partial charge in [-0.2, -0.15) is 5.26 Å². The Labute approximate surface area is 133 Å². The van der Waals surface area contributed by atoms with Crippen molar-refractivity contribution in [1.29, 1.82) is 5.26 Å². The van der Waals surface area contributed by atoms with Crippen LogP contribution < -0.4 is 0 Å². The minimum Gasteiger partial charge on any atom is -0.239 e. The molecule has 1 aromatic heterocycles. The minimum absolute atomic E-state index is 0.263. The Kier molecular flexibility index (Phi) is 4.25. The normalized spacial score (nSPS) is 10.8. The Hall–Kier alpha value is -3.26. The second kappa shape index (κ2) is 6.67. The van der Waals surface area contributed by atoms with Crippen LogP contribution in [0.3, 0.4) is 0 Å². The van der Waals surface area contributed by atoms with E-state index in [0.717, 1.165) is 11.1 Å². The smallest absolute Gasteiger partial charge is 0.190 e. The molecule has 3 rings (SSSR count). The predicted molar refractivity (Wildman–Crippen MR) is 85.6 cm³/mol. The topological polar surface area (TPSA) is 54.5 Å². The van der Waals surface area contributed by atoms with E-state index < -0.39 is 0 Å². The lowest BCUT2D eigenvalue weighted by Gasteiger charge is -2.03. The maximum absolute atomic E-state index is 12.9. The van der Waals surface area contributed by atoms with E-state index in [1.54, 1.807) is 29.0 Å². The third-order valence-electron chi connectivity index (χ3n) is 3.36. The van der Waals surface area contributed by atoms with Crippen molar-refractivity contribution in [3.8, 4) is 6.07 Å². The van der Waals surface area contributed by atoms with Crippen LogP contribution in [-0.2, 0) is 6.54 Å². The number of nitrogens with zero attached hydrogens (tertiary/aromatic N) is 4. The molecule has 5 heteroatoms. The number of hydrogen-bond acceptors (Lipinski definition) is 3. The number of nitriles is 1. The molecular weight excluding hydrogens is 291 g/mol. The lowest BCUT2D eigenvalue weighted by atomic mass is 10.2. The van der Waals surface area contributed by atoms with Gasteiger partial charge < -0.3 is 0 Å². The summed E-state index contributed by atoms with van der Waals surface area (Å²) < 4.78 is 14.6. The molecule has 0 bridgehead atoms. The lowest BCUT2D eigenvalue weighted by Crippen LogP contribution is -2.04. The summed E-state index contributed by atoms with van der Waals surface area (Å²) in [5.41, 5.74) is 2.79. The van der Waals surface area contributed by atoms with Crippen LogP contribution >= 0.6 is 0 Å². The van der Waals surface area contributed by atoms with Gasteiger partial charge in [-0.15, -0.1) is 5.10 Å². The van der Waals surface area contributed by atoms with Gasteiger partial charge in [0, 0.05) is 0 Å². The van der Waals surface area contributed by atoms with E-state index in [1.165, 1.54) is 12.1 Å². The van der Waals surface area contributed by atoms with Crippen LogP contribution in [0.5, 0.6) is 0 Å². The van der Waals surface area contributed by atoms with Crippen LogP contribution in [-0.4, -0.2) is 15.0 Å². The van der Waals surface area contributed by atoms with Gasteiger partial charge in [0.25, 0.3) is 0 Å². The molecule has 0 saturated heterocycles. The fourth-order valence-electron chi connectivity index (χ4n) is 2.19. The molecule has 0 fully saturated rings. The van der Waals surface area contributed by atoms with Crippen LogP contribution in [0.2, 0.25) is 0 Å². The molecule has 0 saturated carbocycles. The summed E-state index contributed by atoms with van der Waals surface area (Å²) in [5.74, 6) is -0.282. The average Bonchev–Trinajstić information content (AvgIpc) is 2.97. The van der Waals surface area contributed by atoms with Crippen LogP contribution in [0.25, 0.3) is 12.2 Å². The van der Waals surface area contributed by atoms with Crippen molar-refractivity contribution in [2.45, 2.75) is 6.54 Å². The van der Waals surface area contributed by atoms with E-state index in [-0.39, 0.29) is 11.5 Å². The molecule has 112 valence electrons. The summed E-state index contributed by atoms with van der Waals surface area (Å²) in [5, 5.41) is 17.1. The van der Waals surface area contributed by atoms with Crippen LogP contribution in [0.15, 0.2) is 54.6 Å². The van der Waals surface area contributed by atoms with Crippen LogP contribution in [0.4, 0.5) is 4.39 Å². The quantitative estimate of drug-likeness (QED) is 0.741. The summed E-state index contributed by atoms with van der Waals surface area (Å²) in [4.78, 5) is 0. The largest absolute Gasteiger partial charge is 0.239 e. The molecule has 0 radical (unpaired) electrons. The molecular formula is C18H13FN4. The Morgan fingerprint density at radius 2 is 1.78 bits per heavy atom. The molecule has 0 aliphatic heterocycles. The van der Waals surface area contributed by atoms with Crippen molar-refractivity contribution in [1.82, 2.24) is 15.0 Å². The van der Waals surface area contributed by atoms with Gasteiger partial charge >= 0.3 is 0 Å². The standard InChI is InChI=1S/C18H13FN4/c19-16-9-6-14(7-10-16)8-11-18-17(12-20)21-22-23(18)13-15-4-2-1-3-5-15/h1-11H,13H2/b11-8+. The number of rotatable bonds is 4. The highest BCUT2D eigenvalue weighted by molar-refractivity contribution is 5.70. The van der Waals surface area contributed by atoms with E-state index >= 15 is 0 Å². The van der Waals surface area contributed by atoms with E-state index in [0.29, 0.717) is 12.2 Å². The van der Waals surface area contributed by atoms with Crippen molar-refractivity contribution in [3.63, 3.8) is 0 Å². The number of aromatic nitrogens is 3. The molecule has 0 unspecified atom stereocenters. The molecule has 0 N–H and O–H groups in total. The summed E-state index contributed by atoms with van der Waals surface area (Å²) >= 11 is 0. The molecule has 4 nitrogen and oxygen atoms in total. The summed E-state index contributed by atoms with van der Waals surface area (Å²) in [7, 11) is 0. The zero-order valence-electron chi connectivity index (χ0n) is 12.2. The third kappa shape index (κ3) is 3.50. The van der Waals surface area contributed by atoms with E-state index in [2.05, 4.69) is 10.3 Å². The van der Waals surface area contributed by atoms with Crippen molar-refractivity contribution in [2.24, 2.45) is 0 Å². The minimum atomic E-state index is -0.282. The molecule has 0 aliphatic rings. The first-order valence-electron chi connectivity index (χ1n) is 7.07. The van der Waals surface area contributed by atoms with Crippen molar-refractivity contribution in [3.05, 3.63) is 82.9 Å². The summed E-state index contributed by atoms with van der Waals surface area (Å²) in [6, 6.07) is 18.0. The van der Waals surface area contributed by atoms with E-state index in [4.69, 9.17) is 0 Å². The first-order valence-corrected chi connectivity index (χ1v) is 7.07. The maximum atomic E-state index is 12.9. The van der Waals surface area contributed by atoms with Crippen molar-refractivity contribution < 1.29 is 4.39 Å². The average molecular weight is 304 g/mol. The molecule has 0 aliphatic carbocycles. The highest BCUT2D eigenvalue weighted by atomic mass is 19.1. The molecule has 0 atom stereocenters. The zero-order chi connectivity index (χ0) is 16.1. The highest BCUT2D eigenvalue weighted by Crippen LogP contribution is 2.13. The first kappa shape index (κ1) is 14.7. The zero-order valence-corrected chi connectivity index (χ0v) is 12.2. The Balaban J connectivity index is 1.90. The van der Waals surface area contributed by atoms with Gasteiger partial charge in [0.05, 0.1) is 12.2 Å². The second-order valence-corrected chi connectivity index (χ2v) is 4.96. The first-order chi connectivity index (χ1) is 11.3. The molecule has 0 spiro atoms. The van der Waals surface area contributed by atoms with Gasteiger partial charge in [0.2, 0.25) is 0 Å². The van der Waals surface area contributed by atoms with E-state index in [9.17, 15) is 9.65 Å². The third-order valence-corrected chi connectivity index (χ3v) is 3.36. The number of benzene rings is 2. The van der Waals surface area contributed by atoms with Gasteiger partial charge in [-0.25, -0.2) is 9.07 Å². The van der Waals surface area contributed by atoms with Crippen molar-refractivity contribution in [2.75, 3.05) is 0 Å². The Morgan fingerprint density at radius 3 is 2.48 bits per heavy atom. The van der Waals surface area contributed by atoms with Gasteiger partial charge in [0.15, 0.2) is 5.69 Å². The maximum Gasteiger partial charge on any atom is 0.190 e. The highest BCUT2D eigenvalue weighted by Gasteiger charge is 2.10. The second-order valence-electron chi connectivity index (χ2n) is 4.96. The van der Waals surface area contributed by atoms with Gasteiger partial charge in [0.1, 0.15) is 11.9 Å². The number of hydrogen-bond donors (Lipinski definition) is 0. The van der Waals surface area contributed by atoms with Gasteiger partial charge in [-0.1, -0.05) is 53.8 Å². The lowest BCUT2D eigenvalue weighted by molar-refractivity contribution is 0.628. The molecule has 2 aromatic carbocycles. The number of halogens is 1. The predicted octanol–water partition coefficient (Wildman–Crippen LogP) is 3.51. The fourth-order valence-corrected chi connectivity index (χ4v) is 2.19. The summed E-state index contributed by atoms with van der Waals surface area (Å²) in [6.07, 6.45) is 3.58. The fraction of sp³-hybridized carbons (Fsp3) is 0.0556. The Bertz CT molecular complexity index is 858. The van der Waals surface area contributed by atoms with Crippen LogP contribution in [0, 0.1) is 17.1 Å². The van der Waals surface area contributed by atoms with Crippen molar-refractivity contribution >= 4 is 12.2 Å². The van der Waals surface area contributed by atoms with Gasteiger partial charge in [-0.3, -0.25) is 0 Å². The van der Waals surface area contributed by atoms with Crippen LogP contribution in [0.1, 0.15) is 22.5 Å². The SMILES string of the molecule is N#Cc1nnn(Cc2ccccc2)c1/C=C/c1ccc(F)cc1. The molecule has 23 heavy (non-hydrogen) atoms. The molecule has 1 heterocycles. The Morgan fingerprint density at radius 1 is 1.04 bits per heavy atom. The monoisotopic (exact) mass is 304 g/mol. The summed E-state index contributed by atoms with van der Waals surface area (Å²) in [6.45, 7) is 0.526. The van der Waals surface area contributed by atoms with Gasteiger partial charge in [-0.05, 0) is 29.3 Å². The molecule has 3 aromatic rings. The van der Waals surface area contributed by atoms with E-state index in [1.807, 2.05) is 36.4 Å². The molecule has 0 amide bonds.